The Balaban J connectivity index is 1.70. The Morgan fingerprint density at radius 1 is 1.07 bits per heavy atom. The molecule has 1 aliphatic carbocycles. The highest BCUT2D eigenvalue weighted by molar-refractivity contribution is 5.93. The molecule has 2 rings (SSSR count). The monoisotopic (exact) mass is 404 g/mol. The first-order chi connectivity index (χ1) is 13.9. The van der Waals surface area contributed by atoms with Gasteiger partial charge >= 0.3 is 0 Å². The van der Waals surface area contributed by atoms with Crippen LogP contribution in [0, 0.1) is 11.8 Å². The van der Waals surface area contributed by atoms with Crippen molar-refractivity contribution in [3.05, 3.63) is 29.6 Å². The van der Waals surface area contributed by atoms with Crippen molar-refractivity contribution in [1.82, 2.24) is 10.3 Å². The van der Waals surface area contributed by atoms with Gasteiger partial charge in [-0.1, -0.05) is 13.8 Å². The SMILES string of the molecule is CC(C)OCCOCCNC(=O)c1ccc(C2CCC(C(=O)C(C)C)CC2)nc1. The molecule has 1 aliphatic rings. The molecule has 6 heteroatoms. The average Bonchev–Trinajstić information content (AvgIpc) is 2.72. The van der Waals surface area contributed by atoms with Crippen LogP contribution in [-0.2, 0) is 14.3 Å². The standard InChI is InChI=1S/C23H36N2O4/c1-16(2)22(26)19-7-5-18(6-8-19)21-10-9-20(15-25-21)23(27)24-11-12-28-13-14-29-17(3)4/h9-10,15-19H,5-8,11-14H2,1-4H3,(H,24,27). The normalized spacial score (nSPS) is 19.5. The number of aromatic nitrogens is 1. The fraction of sp³-hybridized carbons (Fsp3) is 0.696. The van der Waals surface area contributed by atoms with Crippen LogP contribution in [0.25, 0.3) is 0 Å². The number of ether oxygens (including phenoxy) is 2. The number of Topliss-reactive ketones (excluding diaryl/α,β-unsaturated/α-hetero) is 1. The minimum absolute atomic E-state index is 0.117. The average molecular weight is 405 g/mol. The van der Waals surface area contributed by atoms with Crippen molar-refractivity contribution in [1.29, 1.82) is 0 Å². The first kappa shape index (κ1) is 23.5. The quantitative estimate of drug-likeness (QED) is 0.568. The van der Waals surface area contributed by atoms with E-state index in [1.165, 1.54) is 0 Å². The highest BCUT2D eigenvalue weighted by Crippen LogP contribution is 2.36. The number of carbonyl (C=O) groups excluding carboxylic acids is 2. The Morgan fingerprint density at radius 2 is 1.79 bits per heavy atom. The Bertz CT molecular complexity index is 635. The molecule has 162 valence electrons. The van der Waals surface area contributed by atoms with Crippen molar-refractivity contribution in [2.75, 3.05) is 26.4 Å². The maximum atomic E-state index is 12.2. The smallest absolute Gasteiger partial charge is 0.252 e. The Hall–Kier alpha value is -1.79. The van der Waals surface area contributed by atoms with E-state index in [0.29, 0.717) is 43.6 Å². The second-order valence-electron chi connectivity index (χ2n) is 8.37. The zero-order chi connectivity index (χ0) is 21.2. The lowest BCUT2D eigenvalue weighted by Gasteiger charge is -2.28. The zero-order valence-corrected chi connectivity index (χ0v) is 18.3. The van der Waals surface area contributed by atoms with E-state index in [1.807, 2.05) is 39.8 Å². The summed E-state index contributed by atoms with van der Waals surface area (Å²) in [6.45, 7) is 9.92. The summed E-state index contributed by atoms with van der Waals surface area (Å²) in [6, 6.07) is 3.78. The van der Waals surface area contributed by atoms with Gasteiger partial charge in [-0.05, 0) is 51.7 Å². The number of carbonyl (C=O) groups is 2. The summed E-state index contributed by atoms with van der Waals surface area (Å²) in [6.07, 6.45) is 5.69. The van der Waals surface area contributed by atoms with Gasteiger partial charge in [0.2, 0.25) is 0 Å². The summed E-state index contributed by atoms with van der Waals surface area (Å²) in [5.74, 6) is 0.948. The van der Waals surface area contributed by atoms with Crippen molar-refractivity contribution >= 4 is 11.7 Å². The molecule has 1 saturated carbocycles. The fourth-order valence-electron chi connectivity index (χ4n) is 3.71. The molecule has 0 aromatic carbocycles. The summed E-state index contributed by atoms with van der Waals surface area (Å²) in [4.78, 5) is 28.9. The fourth-order valence-corrected chi connectivity index (χ4v) is 3.71. The second-order valence-corrected chi connectivity index (χ2v) is 8.37. The molecule has 1 N–H and O–H groups in total. The molecule has 0 bridgehead atoms. The maximum absolute atomic E-state index is 12.2. The molecule has 1 aromatic heterocycles. The van der Waals surface area contributed by atoms with Crippen molar-refractivity contribution in [2.45, 2.75) is 65.4 Å². The molecule has 1 heterocycles. The summed E-state index contributed by atoms with van der Waals surface area (Å²) in [5, 5.41) is 2.84. The van der Waals surface area contributed by atoms with Crippen molar-refractivity contribution in [2.24, 2.45) is 11.8 Å². The summed E-state index contributed by atoms with van der Waals surface area (Å²) >= 11 is 0. The van der Waals surface area contributed by atoms with E-state index in [4.69, 9.17) is 9.47 Å². The predicted octanol–water partition coefficient (Wildman–Crippen LogP) is 3.75. The van der Waals surface area contributed by atoms with Gasteiger partial charge in [0.1, 0.15) is 5.78 Å². The summed E-state index contributed by atoms with van der Waals surface area (Å²) in [5.41, 5.74) is 1.58. The lowest BCUT2D eigenvalue weighted by Crippen LogP contribution is -2.28. The van der Waals surface area contributed by atoms with Gasteiger partial charge in [-0.3, -0.25) is 14.6 Å². The molecule has 6 nitrogen and oxygen atoms in total. The van der Waals surface area contributed by atoms with Crippen molar-refractivity contribution in [3.63, 3.8) is 0 Å². The number of rotatable bonds is 11. The van der Waals surface area contributed by atoms with Crippen LogP contribution in [0.3, 0.4) is 0 Å². The van der Waals surface area contributed by atoms with Crippen LogP contribution < -0.4 is 5.32 Å². The second kappa shape index (κ2) is 12.0. The third-order valence-corrected chi connectivity index (χ3v) is 5.38. The molecule has 1 amide bonds. The van der Waals surface area contributed by atoms with Crippen LogP contribution in [0.1, 0.15) is 75.3 Å². The molecule has 0 spiro atoms. The highest BCUT2D eigenvalue weighted by Gasteiger charge is 2.28. The Kier molecular flexibility index (Phi) is 9.74. The number of pyridine rings is 1. The third kappa shape index (κ3) is 7.86. The number of hydrogen-bond donors (Lipinski definition) is 1. The van der Waals surface area contributed by atoms with Gasteiger partial charge in [0, 0.05) is 36.2 Å². The van der Waals surface area contributed by atoms with Gasteiger partial charge in [0.05, 0.1) is 31.5 Å². The largest absolute Gasteiger partial charge is 0.377 e. The summed E-state index contributed by atoms with van der Waals surface area (Å²) in [7, 11) is 0. The first-order valence-corrected chi connectivity index (χ1v) is 10.9. The molecular formula is C23H36N2O4. The third-order valence-electron chi connectivity index (χ3n) is 5.38. The van der Waals surface area contributed by atoms with Crippen LogP contribution in [0.2, 0.25) is 0 Å². The number of hydrogen-bond acceptors (Lipinski definition) is 5. The number of ketones is 1. The van der Waals surface area contributed by atoms with Gasteiger partial charge in [-0.15, -0.1) is 0 Å². The highest BCUT2D eigenvalue weighted by atomic mass is 16.5. The Morgan fingerprint density at radius 3 is 2.38 bits per heavy atom. The molecule has 0 saturated heterocycles. The van der Waals surface area contributed by atoms with Crippen LogP contribution in [0.4, 0.5) is 0 Å². The van der Waals surface area contributed by atoms with E-state index in [-0.39, 0.29) is 23.8 Å². The van der Waals surface area contributed by atoms with Crippen LogP contribution in [0.15, 0.2) is 18.3 Å². The van der Waals surface area contributed by atoms with E-state index in [1.54, 1.807) is 6.20 Å². The molecule has 29 heavy (non-hydrogen) atoms. The molecule has 0 unspecified atom stereocenters. The topological polar surface area (TPSA) is 77.5 Å². The van der Waals surface area contributed by atoms with Gasteiger partial charge in [0.15, 0.2) is 0 Å². The van der Waals surface area contributed by atoms with E-state index < -0.39 is 0 Å². The van der Waals surface area contributed by atoms with Crippen molar-refractivity contribution < 1.29 is 19.1 Å². The van der Waals surface area contributed by atoms with Gasteiger partial charge in [-0.25, -0.2) is 0 Å². The van der Waals surface area contributed by atoms with Gasteiger partial charge in [0.25, 0.3) is 5.91 Å². The summed E-state index contributed by atoms with van der Waals surface area (Å²) < 4.78 is 10.8. The minimum atomic E-state index is -0.141. The van der Waals surface area contributed by atoms with E-state index in [2.05, 4.69) is 10.3 Å². The van der Waals surface area contributed by atoms with Crippen LogP contribution in [0.5, 0.6) is 0 Å². The minimum Gasteiger partial charge on any atom is -0.377 e. The molecule has 1 aromatic rings. The maximum Gasteiger partial charge on any atom is 0.252 e. The molecule has 0 aliphatic heterocycles. The van der Waals surface area contributed by atoms with E-state index in [0.717, 1.165) is 31.4 Å². The Labute approximate surface area is 174 Å². The number of amides is 1. The van der Waals surface area contributed by atoms with E-state index >= 15 is 0 Å². The molecular weight excluding hydrogens is 368 g/mol. The predicted molar refractivity (Wildman–Crippen MR) is 113 cm³/mol. The van der Waals surface area contributed by atoms with Crippen LogP contribution in [-0.4, -0.2) is 49.1 Å². The molecule has 1 fully saturated rings. The molecule has 0 radical (unpaired) electrons. The van der Waals surface area contributed by atoms with Crippen LogP contribution >= 0.6 is 0 Å². The molecule has 0 atom stereocenters. The van der Waals surface area contributed by atoms with E-state index in [9.17, 15) is 9.59 Å². The number of nitrogens with zero attached hydrogens (tertiary/aromatic N) is 1. The zero-order valence-electron chi connectivity index (χ0n) is 18.3. The lowest BCUT2D eigenvalue weighted by molar-refractivity contribution is -0.126. The van der Waals surface area contributed by atoms with Gasteiger partial charge < -0.3 is 14.8 Å². The van der Waals surface area contributed by atoms with Crippen molar-refractivity contribution in [3.8, 4) is 0 Å². The first-order valence-electron chi connectivity index (χ1n) is 10.9. The number of nitrogens with one attached hydrogen (secondary N) is 1. The van der Waals surface area contributed by atoms with Gasteiger partial charge in [-0.2, -0.15) is 0 Å². The lowest BCUT2D eigenvalue weighted by atomic mass is 9.76.